The fraction of sp³-hybridized carbons (Fsp3) is 0.429. The number of carbonyl (C=O) groups is 2. The van der Waals surface area contributed by atoms with Gasteiger partial charge >= 0.3 is 0 Å². The van der Waals surface area contributed by atoms with Crippen LogP contribution in [0.1, 0.15) is 19.5 Å². The van der Waals surface area contributed by atoms with Gasteiger partial charge in [-0.15, -0.1) is 0 Å². The maximum absolute atomic E-state index is 9.00. The van der Waals surface area contributed by atoms with Crippen LogP contribution in [-0.4, -0.2) is 59.3 Å². The van der Waals surface area contributed by atoms with Crippen LogP contribution in [0, 0.1) is 5.41 Å². The maximum atomic E-state index is 9.00. The van der Waals surface area contributed by atoms with E-state index in [1.807, 2.05) is 12.1 Å². The van der Waals surface area contributed by atoms with Crippen LogP contribution in [0.3, 0.4) is 0 Å². The Hall–Kier alpha value is -2.68. The molecular weight excluding hydrogens is 304 g/mol. The molecule has 0 saturated carbocycles. The lowest BCUT2D eigenvalue weighted by molar-refractivity contribution is -0.135. The molecule has 0 aliphatic carbocycles. The van der Waals surface area contributed by atoms with Gasteiger partial charge in [-0.05, 0) is 12.1 Å². The van der Waals surface area contributed by atoms with Crippen LogP contribution in [0.4, 0.5) is 5.69 Å². The third-order valence-electron chi connectivity index (χ3n) is 2.40. The molecule has 0 spiro atoms. The summed E-state index contributed by atoms with van der Waals surface area (Å²) in [4.78, 5) is 24.2. The second kappa shape index (κ2) is 11.0. The van der Waals surface area contributed by atoms with Gasteiger partial charge in [-0.2, -0.15) is 0 Å². The minimum absolute atomic E-state index is 0.00473. The maximum Gasteiger partial charge on any atom is 0.300 e. The minimum Gasteiger partial charge on any atom is -0.481 e. The Labute approximate surface area is 134 Å². The van der Waals surface area contributed by atoms with E-state index in [0.717, 1.165) is 45.8 Å². The summed E-state index contributed by atoms with van der Waals surface area (Å²) in [6.07, 6.45) is 1.68. The van der Waals surface area contributed by atoms with Crippen LogP contribution in [0.25, 0.3) is 0 Å². The highest BCUT2D eigenvalue weighted by atomic mass is 16.5. The van der Waals surface area contributed by atoms with Gasteiger partial charge in [0.1, 0.15) is 11.5 Å². The number of carboxylic acid groups (broad SMARTS) is 2. The molecule has 2 heterocycles. The van der Waals surface area contributed by atoms with E-state index in [1.54, 1.807) is 6.20 Å². The number of aliphatic carboxylic acids is 2. The lowest BCUT2D eigenvalue weighted by Gasteiger charge is -2.28. The molecule has 1 aromatic heterocycles. The molecule has 0 bridgehead atoms. The van der Waals surface area contributed by atoms with E-state index in [9.17, 15) is 0 Å². The van der Waals surface area contributed by atoms with E-state index in [1.165, 1.54) is 0 Å². The smallest absolute Gasteiger partial charge is 0.300 e. The molecule has 9 heteroatoms. The second-order valence-corrected chi connectivity index (χ2v) is 4.45. The molecule has 5 N–H and O–H groups in total. The average molecular weight is 326 g/mol. The normalized spacial score (nSPS) is 12.9. The Morgan fingerprint density at radius 2 is 1.74 bits per heavy atom. The fourth-order valence-electron chi connectivity index (χ4n) is 1.58. The second-order valence-electron chi connectivity index (χ2n) is 4.45. The van der Waals surface area contributed by atoms with Crippen molar-refractivity contribution in [1.82, 2.24) is 4.98 Å². The molecule has 1 fully saturated rings. The summed E-state index contributed by atoms with van der Waals surface area (Å²) >= 11 is 0. The van der Waals surface area contributed by atoms with Crippen LogP contribution in [-0.2, 0) is 14.3 Å². The lowest BCUT2D eigenvalue weighted by atomic mass is 10.2. The van der Waals surface area contributed by atoms with E-state index >= 15 is 0 Å². The van der Waals surface area contributed by atoms with Gasteiger partial charge in [0.2, 0.25) is 0 Å². The summed E-state index contributed by atoms with van der Waals surface area (Å²) in [5.74, 6) is -1.66. The van der Waals surface area contributed by atoms with Gasteiger partial charge in [-0.25, -0.2) is 0 Å². The van der Waals surface area contributed by atoms with Gasteiger partial charge in [-0.3, -0.25) is 20.0 Å². The number of amidine groups is 1. The SMILES string of the molecule is CC(=O)O.CC(=O)O.N=C(N)c1cc(N2CCOCC2)ccn1. The van der Waals surface area contributed by atoms with E-state index in [4.69, 9.17) is 35.7 Å². The van der Waals surface area contributed by atoms with Gasteiger partial charge < -0.3 is 25.6 Å². The predicted octanol–water partition coefficient (Wildman–Crippen LogP) is 0.384. The van der Waals surface area contributed by atoms with Gasteiger partial charge in [-0.1, -0.05) is 0 Å². The summed E-state index contributed by atoms with van der Waals surface area (Å²) < 4.78 is 5.27. The van der Waals surface area contributed by atoms with Crippen LogP contribution >= 0.6 is 0 Å². The predicted molar refractivity (Wildman–Crippen MR) is 84.9 cm³/mol. The van der Waals surface area contributed by atoms with E-state index in [0.29, 0.717) is 5.69 Å². The number of nitrogen functional groups attached to an aromatic ring is 1. The topological polar surface area (TPSA) is 150 Å². The van der Waals surface area contributed by atoms with E-state index in [-0.39, 0.29) is 5.84 Å². The summed E-state index contributed by atoms with van der Waals surface area (Å²) in [5, 5.41) is 22.2. The zero-order chi connectivity index (χ0) is 17.8. The highest BCUT2D eigenvalue weighted by molar-refractivity contribution is 5.93. The number of nitrogens with two attached hydrogens (primary N) is 1. The van der Waals surface area contributed by atoms with Gasteiger partial charge in [0.25, 0.3) is 11.9 Å². The number of hydrogen-bond acceptors (Lipinski definition) is 6. The van der Waals surface area contributed by atoms with Gasteiger partial charge in [0, 0.05) is 38.8 Å². The molecule has 0 aromatic carbocycles. The highest BCUT2D eigenvalue weighted by Gasteiger charge is 2.11. The molecule has 1 aliphatic rings. The monoisotopic (exact) mass is 326 g/mol. The van der Waals surface area contributed by atoms with Crippen molar-refractivity contribution in [1.29, 1.82) is 5.41 Å². The molecule has 0 atom stereocenters. The first-order valence-corrected chi connectivity index (χ1v) is 6.76. The van der Waals surface area contributed by atoms with Crippen molar-refractivity contribution in [3.8, 4) is 0 Å². The molecule has 1 aliphatic heterocycles. The zero-order valence-electron chi connectivity index (χ0n) is 13.2. The Bertz CT molecular complexity index is 510. The Balaban J connectivity index is 0.000000509. The number of aromatic nitrogens is 1. The Kier molecular flexibility index (Phi) is 9.69. The minimum atomic E-state index is -0.833. The molecule has 1 saturated heterocycles. The third-order valence-corrected chi connectivity index (χ3v) is 2.40. The highest BCUT2D eigenvalue weighted by Crippen LogP contribution is 2.15. The quantitative estimate of drug-likeness (QED) is 0.450. The lowest BCUT2D eigenvalue weighted by Crippen LogP contribution is -2.36. The number of morpholine rings is 1. The molecule has 9 nitrogen and oxygen atoms in total. The van der Waals surface area contributed by atoms with Crippen molar-refractivity contribution in [3.05, 3.63) is 24.0 Å². The summed E-state index contributed by atoms with van der Waals surface area (Å²) in [6, 6.07) is 3.77. The van der Waals surface area contributed by atoms with Gasteiger partial charge in [0.05, 0.1) is 13.2 Å². The van der Waals surface area contributed by atoms with Crippen molar-refractivity contribution in [2.45, 2.75) is 13.8 Å². The first kappa shape index (κ1) is 20.3. The third kappa shape index (κ3) is 10.7. The van der Waals surface area contributed by atoms with Crippen LogP contribution < -0.4 is 10.6 Å². The van der Waals surface area contributed by atoms with Crippen molar-refractivity contribution >= 4 is 23.5 Å². The van der Waals surface area contributed by atoms with Gasteiger partial charge in [0.15, 0.2) is 0 Å². The average Bonchev–Trinajstić information content (AvgIpc) is 2.47. The first-order chi connectivity index (χ1) is 10.7. The van der Waals surface area contributed by atoms with Crippen LogP contribution in [0.2, 0.25) is 0 Å². The number of carboxylic acids is 2. The van der Waals surface area contributed by atoms with Crippen LogP contribution in [0.15, 0.2) is 18.3 Å². The first-order valence-electron chi connectivity index (χ1n) is 6.76. The number of ether oxygens (including phenoxy) is 1. The Morgan fingerprint density at radius 3 is 2.17 bits per heavy atom. The number of anilines is 1. The molecule has 0 unspecified atom stereocenters. The summed E-state index contributed by atoms with van der Waals surface area (Å²) in [5.41, 5.74) is 6.97. The summed E-state index contributed by atoms with van der Waals surface area (Å²) in [6.45, 7) is 5.41. The van der Waals surface area contributed by atoms with Crippen molar-refractivity contribution in [3.63, 3.8) is 0 Å². The van der Waals surface area contributed by atoms with Crippen molar-refractivity contribution in [2.24, 2.45) is 5.73 Å². The molecule has 0 radical (unpaired) electrons. The van der Waals surface area contributed by atoms with E-state index < -0.39 is 11.9 Å². The van der Waals surface area contributed by atoms with E-state index in [2.05, 4.69) is 9.88 Å². The molecular formula is C14H22N4O5. The molecule has 2 rings (SSSR count). The Morgan fingerprint density at radius 1 is 1.26 bits per heavy atom. The molecule has 0 amide bonds. The fourth-order valence-corrected chi connectivity index (χ4v) is 1.58. The zero-order valence-corrected chi connectivity index (χ0v) is 13.2. The molecule has 128 valence electrons. The molecule has 1 aromatic rings. The van der Waals surface area contributed by atoms with Crippen molar-refractivity contribution in [2.75, 3.05) is 31.2 Å². The standard InChI is InChI=1S/C10H14N4O.2C2H4O2/c11-10(12)9-7-8(1-2-13-9)14-3-5-15-6-4-14;2*1-2(3)4/h1-2,7H,3-6H2,(H3,11,12);2*1H3,(H,3,4). The molecule has 23 heavy (non-hydrogen) atoms. The number of rotatable bonds is 2. The largest absolute Gasteiger partial charge is 0.481 e. The summed E-state index contributed by atoms with van der Waals surface area (Å²) in [7, 11) is 0. The van der Waals surface area contributed by atoms with Crippen molar-refractivity contribution < 1.29 is 24.5 Å². The number of hydrogen-bond donors (Lipinski definition) is 4. The number of nitrogens with zero attached hydrogens (tertiary/aromatic N) is 2. The number of pyridine rings is 1. The van der Waals surface area contributed by atoms with Crippen LogP contribution in [0.5, 0.6) is 0 Å². The number of nitrogens with one attached hydrogen (secondary N) is 1.